The van der Waals surface area contributed by atoms with Gasteiger partial charge in [-0.3, -0.25) is 14.5 Å². The zero-order chi connectivity index (χ0) is 22.8. The Balaban J connectivity index is 1.46. The Morgan fingerprint density at radius 3 is 2.62 bits per heavy atom. The lowest BCUT2D eigenvalue weighted by molar-refractivity contribution is -0.144. The van der Waals surface area contributed by atoms with Crippen molar-refractivity contribution in [1.29, 1.82) is 0 Å². The first kappa shape index (κ1) is 22.5. The molecule has 8 nitrogen and oxygen atoms in total. The maximum Gasteiger partial charge on any atom is 0.315 e. The van der Waals surface area contributed by atoms with Gasteiger partial charge in [-0.15, -0.1) is 0 Å². The van der Waals surface area contributed by atoms with E-state index >= 15 is 0 Å². The third-order valence-corrected chi connectivity index (χ3v) is 6.37. The molecule has 3 fully saturated rings. The van der Waals surface area contributed by atoms with E-state index in [-0.39, 0.29) is 54.3 Å². The Labute approximate surface area is 187 Å². The Kier molecular flexibility index (Phi) is 6.64. The molecule has 2 heterocycles. The van der Waals surface area contributed by atoms with Crippen LogP contribution in [0.15, 0.2) is 24.3 Å². The summed E-state index contributed by atoms with van der Waals surface area (Å²) in [6.45, 7) is 5.28. The highest BCUT2D eigenvalue weighted by Crippen LogP contribution is 2.30. The first-order chi connectivity index (χ1) is 15.3. The van der Waals surface area contributed by atoms with E-state index in [1.807, 2.05) is 23.6 Å². The van der Waals surface area contributed by atoms with Gasteiger partial charge in [0.05, 0.1) is 6.04 Å². The van der Waals surface area contributed by atoms with E-state index in [1.54, 1.807) is 18.2 Å². The maximum atomic E-state index is 14.3. The molecule has 32 heavy (non-hydrogen) atoms. The molecule has 4 rings (SSSR count). The van der Waals surface area contributed by atoms with E-state index in [2.05, 4.69) is 16.0 Å². The predicted molar refractivity (Wildman–Crippen MR) is 117 cm³/mol. The van der Waals surface area contributed by atoms with Crippen LogP contribution in [-0.2, 0) is 16.1 Å². The second-order valence-corrected chi connectivity index (χ2v) is 9.41. The number of piperazine rings is 1. The van der Waals surface area contributed by atoms with Crippen LogP contribution < -0.4 is 16.0 Å². The van der Waals surface area contributed by atoms with Gasteiger partial charge in [0.25, 0.3) is 0 Å². The van der Waals surface area contributed by atoms with Gasteiger partial charge in [-0.2, -0.15) is 0 Å². The van der Waals surface area contributed by atoms with Gasteiger partial charge in [0, 0.05) is 49.7 Å². The van der Waals surface area contributed by atoms with Gasteiger partial charge in [0.2, 0.25) is 11.8 Å². The van der Waals surface area contributed by atoms with Gasteiger partial charge >= 0.3 is 6.03 Å². The van der Waals surface area contributed by atoms with E-state index in [0.717, 1.165) is 12.8 Å². The van der Waals surface area contributed by atoms with Crippen LogP contribution in [0.3, 0.4) is 0 Å². The van der Waals surface area contributed by atoms with E-state index in [9.17, 15) is 18.8 Å². The number of amides is 4. The quantitative estimate of drug-likeness (QED) is 0.588. The van der Waals surface area contributed by atoms with Crippen molar-refractivity contribution < 1.29 is 18.8 Å². The van der Waals surface area contributed by atoms with Crippen LogP contribution in [0.5, 0.6) is 0 Å². The minimum atomic E-state index is -0.559. The van der Waals surface area contributed by atoms with E-state index in [1.165, 1.54) is 6.07 Å². The number of hydrogen-bond donors (Lipinski definition) is 3. The normalized spacial score (nSPS) is 25.6. The molecule has 0 spiro atoms. The molecule has 9 heteroatoms. The summed E-state index contributed by atoms with van der Waals surface area (Å²) in [5.74, 6) is -0.347. The van der Waals surface area contributed by atoms with Crippen molar-refractivity contribution in [3.63, 3.8) is 0 Å². The minimum absolute atomic E-state index is 0.0166. The van der Waals surface area contributed by atoms with Crippen LogP contribution in [0.4, 0.5) is 9.18 Å². The molecule has 0 bridgehead atoms. The van der Waals surface area contributed by atoms with Crippen molar-refractivity contribution in [2.75, 3.05) is 19.6 Å². The van der Waals surface area contributed by atoms with Crippen molar-refractivity contribution in [1.82, 2.24) is 25.8 Å². The molecule has 1 aromatic carbocycles. The van der Waals surface area contributed by atoms with Crippen molar-refractivity contribution in [2.45, 2.75) is 63.8 Å². The van der Waals surface area contributed by atoms with Crippen LogP contribution in [0.25, 0.3) is 0 Å². The molecule has 1 aliphatic carbocycles. The molecule has 0 radical (unpaired) electrons. The zero-order valence-corrected chi connectivity index (χ0v) is 18.6. The first-order valence-electron chi connectivity index (χ1n) is 11.4. The lowest BCUT2D eigenvalue weighted by atomic mass is 10.0. The summed E-state index contributed by atoms with van der Waals surface area (Å²) in [5.41, 5.74) is 0.524. The van der Waals surface area contributed by atoms with E-state index in [4.69, 9.17) is 0 Å². The largest absolute Gasteiger partial charge is 0.354 e. The van der Waals surface area contributed by atoms with Gasteiger partial charge in [-0.05, 0) is 39.2 Å². The average Bonchev–Trinajstić information content (AvgIpc) is 3.50. The maximum absolute atomic E-state index is 14.3. The summed E-state index contributed by atoms with van der Waals surface area (Å²) in [4.78, 5) is 41.5. The summed E-state index contributed by atoms with van der Waals surface area (Å²) >= 11 is 0. The van der Waals surface area contributed by atoms with Crippen molar-refractivity contribution >= 4 is 17.8 Å². The van der Waals surface area contributed by atoms with E-state index < -0.39 is 6.04 Å². The highest BCUT2D eigenvalue weighted by molar-refractivity contribution is 5.86. The Hall–Kier alpha value is -2.68. The second-order valence-electron chi connectivity index (χ2n) is 9.41. The van der Waals surface area contributed by atoms with Gasteiger partial charge in [0.15, 0.2) is 0 Å². The van der Waals surface area contributed by atoms with Gasteiger partial charge < -0.3 is 20.9 Å². The SMILES string of the molecule is CC(C)NC(=O)N[C@H]1C[C@H]2CN(Cc3ccccc3F)[C@@H](CNC(=O)C3CC3)C(=O)N2C1. The average molecular weight is 446 g/mol. The molecule has 4 amide bonds. The fraction of sp³-hybridized carbons (Fsp3) is 0.609. The molecule has 2 aliphatic heterocycles. The molecule has 0 unspecified atom stereocenters. The molecule has 1 saturated carbocycles. The lowest BCUT2D eigenvalue weighted by Crippen LogP contribution is -2.62. The molecule has 2 saturated heterocycles. The number of fused-ring (bicyclic) bond motifs is 1. The highest BCUT2D eigenvalue weighted by Gasteiger charge is 2.46. The fourth-order valence-electron chi connectivity index (χ4n) is 4.62. The number of benzene rings is 1. The standard InChI is InChI=1S/C23H32FN5O3/c1-14(2)26-23(32)27-17-9-18-13-28(11-16-5-3-4-6-19(16)24)20(22(31)29(18)12-17)10-25-21(30)15-7-8-15/h3-6,14-15,17-18,20H,7-13H2,1-2H3,(H,25,30)(H2,26,27,32)/t17-,18-,20-/m0/s1. The number of nitrogens with one attached hydrogen (secondary N) is 3. The summed E-state index contributed by atoms with van der Waals surface area (Å²) in [5, 5.41) is 8.69. The van der Waals surface area contributed by atoms with Crippen LogP contribution in [0.2, 0.25) is 0 Å². The third-order valence-electron chi connectivity index (χ3n) is 6.37. The summed E-state index contributed by atoms with van der Waals surface area (Å²) in [6, 6.07) is 5.59. The summed E-state index contributed by atoms with van der Waals surface area (Å²) < 4.78 is 14.3. The summed E-state index contributed by atoms with van der Waals surface area (Å²) in [7, 11) is 0. The topological polar surface area (TPSA) is 93.8 Å². The minimum Gasteiger partial charge on any atom is -0.354 e. The Bertz CT molecular complexity index is 875. The molecule has 3 atom stereocenters. The molecular weight excluding hydrogens is 413 g/mol. The van der Waals surface area contributed by atoms with Gasteiger partial charge in [-0.25, -0.2) is 9.18 Å². The van der Waals surface area contributed by atoms with Crippen LogP contribution >= 0.6 is 0 Å². The number of carbonyl (C=O) groups is 3. The molecule has 1 aromatic rings. The number of halogens is 1. The molecule has 0 aromatic heterocycles. The van der Waals surface area contributed by atoms with Gasteiger partial charge in [-0.1, -0.05) is 18.2 Å². The highest BCUT2D eigenvalue weighted by atomic mass is 19.1. The Morgan fingerprint density at radius 2 is 1.94 bits per heavy atom. The number of nitrogens with zero attached hydrogens (tertiary/aromatic N) is 2. The van der Waals surface area contributed by atoms with Gasteiger partial charge in [0.1, 0.15) is 11.9 Å². The monoisotopic (exact) mass is 445 g/mol. The Morgan fingerprint density at radius 1 is 1.19 bits per heavy atom. The molecule has 3 N–H and O–H groups in total. The molecule has 174 valence electrons. The van der Waals surface area contributed by atoms with Crippen molar-refractivity contribution in [3.8, 4) is 0 Å². The number of carbonyl (C=O) groups excluding carboxylic acids is 3. The molecular formula is C23H32FN5O3. The third kappa shape index (κ3) is 5.20. The van der Waals surface area contributed by atoms with E-state index in [0.29, 0.717) is 31.6 Å². The second kappa shape index (κ2) is 9.44. The van der Waals surface area contributed by atoms with Crippen molar-refractivity contribution in [3.05, 3.63) is 35.6 Å². The molecule has 3 aliphatic rings. The first-order valence-corrected chi connectivity index (χ1v) is 11.4. The lowest BCUT2D eigenvalue weighted by Gasteiger charge is -2.42. The van der Waals surface area contributed by atoms with Crippen LogP contribution in [0.1, 0.15) is 38.7 Å². The van der Waals surface area contributed by atoms with Crippen molar-refractivity contribution in [2.24, 2.45) is 5.92 Å². The predicted octanol–water partition coefficient (Wildman–Crippen LogP) is 1.21. The zero-order valence-electron chi connectivity index (χ0n) is 18.6. The van der Waals surface area contributed by atoms with Crippen LogP contribution in [0, 0.1) is 11.7 Å². The number of urea groups is 1. The smallest absolute Gasteiger partial charge is 0.315 e. The van der Waals surface area contributed by atoms with Crippen LogP contribution in [-0.4, -0.2) is 71.4 Å². The fourth-order valence-corrected chi connectivity index (χ4v) is 4.62. The summed E-state index contributed by atoms with van der Waals surface area (Å²) in [6.07, 6.45) is 2.43. The number of rotatable bonds is 7. The number of hydrogen-bond acceptors (Lipinski definition) is 4.